The number of benzene rings is 1. The van der Waals surface area contributed by atoms with Crippen LogP contribution < -0.4 is 10.1 Å². The van der Waals surface area contributed by atoms with E-state index in [9.17, 15) is 4.79 Å². The second-order valence-corrected chi connectivity index (χ2v) is 7.88. The van der Waals surface area contributed by atoms with Crippen LogP contribution in [0.25, 0.3) is 10.9 Å². The van der Waals surface area contributed by atoms with Crippen molar-refractivity contribution in [3.63, 3.8) is 0 Å². The van der Waals surface area contributed by atoms with E-state index in [1.807, 2.05) is 31.3 Å². The fraction of sp³-hybridized carbons (Fsp3) is 0.545. The molecule has 1 aromatic heterocycles. The van der Waals surface area contributed by atoms with Crippen molar-refractivity contribution in [2.45, 2.75) is 63.6 Å². The summed E-state index contributed by atoms with van der Waals surface area (Å²) in [5.74, 6) is 1.09. The Bertz CT molecular complexity index is 780. The molecule has 5 heteroatoms. The van der Waals surface area contributed by atoms with Gasteiger partial charge < -0.3 is 10.1 Å². The molecule has 27 heavy (non-hydrogen) atoms. The number of carbonyl (C=O) groups is 1. The van der Waals surface area contributed by atoms with Crippen LogP contribution in [0.1, 0.15) is 45.4 Å². The Morgan fingerprint density at radius 1 is 1.19 bits per heavy atom. The van der Waals surface area contributed by atoms with E-state index < -0.39 is 0 Å². The number of ether oxygens (including phenoxy) is 1. The molecular formula is C22H29N3O2. The molecule has 0 radical (unpaired) electrons. The predicted molar refractivity (Wildman–Crippen MR) is 107 cm³/mol. The van der Waals surface area contributed by atoms with Crippen molar-refractivity contribution in [2.24, 2.45) is 0 Å². The zero-order valence-electron chi connectivity index (χ0n) is 16.1. The van der Waals surface area contributed by atoms with Crippen LogP contribution in [-0.2, 0) is 4.79 Å². The first-order valence-corrected chi connectivity index (χ1v) is 10.2. The molecule has 2 fully saturated rings. The number of fused-ring (bicyclic) bond motifs is 1. The van der Waals surface area contributed by atoms with Gasteiger partial charge in [0, 0.05) is 17.6 Å². The normalized spacial score (nSPS) is 24.6. The molecule has 1 saturated carbocycles. The largest absolute Gasteiger partial charge is 0.490 e. The molecule has 1 aliphatic heterocycles. The highest BCUT2D eigenvalue weighted by molar-refractivity contribution is 5.81. The van der Waals surface area contributed by atoms with Crippen LogP contribution in [0.2, 0.25) is 0 Å². The monoisotopic (exact) mass is 367 g/mol. The molecule has 2 aromatic rings. The number of hydrogen-bond acceptors (Lipinski definition) is 4. The van der Waals surface area contributed by atoms with E-state index >= 15 is 0 Å². The van der Waals surface area contributed by atoms with Gasteiger partial charge in [-0.3, -0.25) is 14.7 Å². The molecule has 0 bridgehead atoms. The van der Waals surface area contributed by atoms with Crippen LogP contribution in [0.4, 0.5) is 0 Å². The van der Waals surface area contributed by atoms with E-state index in [-0.39, 0.29) is 24.1 Å². The fourth-order valence-electron chi connectivity index (χ4n) is 4.26. The second-order valence-electron chi connectivity index (χ2n) is 7.88. The standard InChI is InChI=1S/C22H29N3O2/c1-16(25-13-2-3-14-25)22(26)24-18-6-8-19(9-7-18)27-20-10-11-21-17(15-20)5-4-12-23-21/h4-5,10-12,15-16,18-19H,2-3,6-9,13-14H2,1H3,(H,24,26). The van der Waals surface area contributed by atoms with Crippen LogP contribution in [0, 0.1) is 0 Å². The van der Waals surface area contributed by atoms with Crippen LogP contribution in [0.5, 0.6) is 5.75 Å². The smallest absolute Gasteiger partial charge is 0.237 e. The van der Waals surface area contributed by atoms with Gasteiger partial charge in [0.25, 0.3) is 0 Å². The average molecular weight is 367 g/mol. The zero-order chi connectivity index (χ0) is 18.6. The SMILES string of the molecule is CC(C(=O)NC1CCC(Oc2ccc3ncccc3c2)CC1)N1CCCC1. The average Bonchev–Trinajstić information content (AvgIpc) is 3.23. The first-order valence-electron chi connectivity index (χ1n) is 10.2. The van der Waals surface area contributed by atoms with Gasteiger partial charge in [-0.1, -0.05) is 6.07 Å². The summed E-state index contributed by atoms with van der Waals surface area (Å²) in [6, 6.07) is 10.4. The van der Waals surface area contributed by atoms with Crippen molar-refractivity contribution in [2.75, 3.05) is 13.1 Å². The quantitative estimate of drug-likeness (QED) is 0.878. The van der Waals surface area contributed by atoms with Gasteiger partial charge in [0.05, 0.1) is 17.7 Å². The Morgan fingerprint density at radius 2 is 1.96 bits per heavy atom. The van der Waals surface area contributed by atoms with E-state index in [0.717, 1.165) is 55.4 Å². The Labute approximate surface area is 161 Å². The molecule has 1 atom stereocenters. The van der Waals surface area contributed by atoms with Gasteiger partial charge in [0.15, 0.2) is 0 Å². The van der Waals surface area contributed by atoms with Crippen molar-refractivity contribution < 1.29 is 9.53 Å². The first-order chi connectivity index (χ1) is 13.2. The molecule has 1 aliphatic carbocycles. The Kier molecular flexibility index (Phi) is 5.58. The fourth-order valence-corrected chi connectivity index (χ4v) is 4.26. The van der Waals surface area contributed by atoms with Gasteiger partial charge in [-0.2, -0.15) is 0 Å². The second kappa shape index (κ2) is 8.26. The van der Waals surface area contributed by atoms with Gasteiger partial charge in [-0.25, -0.2) is 0 Å². The number of amides is 1. The highest BCUT2D eigenvalue weighted by Crippen LogP contribution is 2.26. The summed E-state index contributed by atoms with van der Waals surface area (Å²) < 4.78 is 6.20. The maximum absolute atomic E-state index is 12.5. The van der Waals surface area contributed by atoms with E-state index in [1.165, 1.54) is 12.8 Å². The molecule has 1 amide bonds. The summed E-state index contributed by atoms with van der Waals surface area (Å²) in [5.41, 5.74) is 0.989. The molecule has 2 aliphatic rings. The lowest BCUT2D eigenvalue weighted by molar-refractivity contribution is -0.126. The van der Waals surface area contributed by atoms with Crippen molar-refractivity contribution >= 4 is 16.8 Å². The van der Waals surface area contributed by atoms with E-state index in [4.69, 9.17) is 4.74 Å². The topological polar surface area (TPSA) is 54.5 Å². The molecule has 5 nitrogen and oxygen atoms in total. The number of pyridine rings is 1. The molecule has 1 unspecified atom stereocenters. The van der Waals surface area contributed by atoms with Gasteiger partial charge in [-0.05, 0) is 82.8 Å². The van der Waals surface area contributed by atoms with Crippen LogP contribution in [-0.4, -0.2) is 47.1 Å². The van der Waals surface area contributed by atoms with Crippen molar-refractivity contribution in [1.82, 2.24) is 15.2 Å². The number of likely N-dealkylation sites (tertiary alicyclic amines) is 1. The van der Waals surface area contributed by atoms with Gasteiger partial charge in [0.1, 0.15) is 5.75 Å². The minimum Gasteiger partial charge on any atom is -0.490 e. The highest BCUT2D eigenvalue weighted by Gasteiger charge is 2.28. The number of rotatable bonds is 5. The van der Waals surface area contributed by atoms with Crippen LogP contribution >= 0.6 is 0 Å². The van der Waals surface area contributed by atoms with Gasteiger partial charge in [-0.15, -0.1) is 0 Å². The molecule has 144 valence electrons. The van der Waals surface area contributed by atoms with E-state index in [1.54, 1.807) is 0 Å². The first kappa shape index (κ1) is 18.2. The van der Waals surface area contributed by atoms with E-state index in [2.05, 4.69) is 27.3 Å². The summed E-state index contributed by atoms with van der Waals surface area (Å²) in [5, 5.41) is 4.36. The van der Waals surface area contributed by atoms with Crippen LogP contribution in [0.3, 0.4) is 0 Å². The minimum absolute atomic E-state index is 0.00678. The maximum Gasteiger partial charge on any atom is 0.237 e. The predicted octanol–water partition coefficient (Wildman–Crippen LogP) is 3.53. The molecule has 4 rings (SSSR count). The number of aromatic nitrogens is 1. The lowest BCUT2D eigenvalue weighted by atomic mass is 9.92. The summed E-state index contributed by atoms with van der Waals surface area (Å²) in [6.45, 7) is 4.14. The Hall–Kier alpha value is -2.14. The van der Waals surface area contributed by atoms with Gasteiger partial charge in [0.2, 0.25) is 5.91 Å². The third kappa shape index (κ3) is 4.41. The highest BCUT2D eigenvalue weighted by atomic mass is 16.5. The van der Waals surface area contributed by atoms with Crippen molar-refractivity contribution in [3.8, 4) is 5.75 Å². The summed E-state index contributed by atoms with van der Waals surface area (Å²) in [6.07, 6.45) is 8.39. The molecule has 1 N–H and O–H groups in total. The number of carbonyl (C=O) groups excluding carboxylic acids is 1. The zero-order valence-corrected chi connectivity index (χ0v) is 16.1. The molecule has 1 saturated heterocycles. The third-order valence-electron chi connectivity index (χ3n) is 5.97. The third-order valence-corrected chi connectivity index (χ3v) is 5.97. The van der Waals surface area contributed by atoms with Gasteiger partial charge >= 0.3 is 0 Å². The molecule has 2 heterocycles. The Balaban J connectivity index is 1.26. The molecule has 1 aromatic carbocycles. The summed E-state index contributed by atoms with van der Waals surface area (Å²) in [7, 11) is 0. The number of nitrogens with zero attached hydrogens (tertiary/aromatic N) is 2. The van der Waals surface area contributed by atoms with Crippen molar-refractivity contribution in [1.29, 1.82) is 0 Å². The number of nitrogens with one attached hydrogen (secondary N) is 1. The lowest BCUT2D eigenvalue weighted by Crippen LogP contribution is -2.48. The molecular weight excluding hydrogens is 338 g/mol. The maximum atomic E-state index is 12.5. The Morgan fingerprint density at radius 3 is 2.74 bits per heavy atom. The number of hydrogen-bond donors (Lipinski definition) is 1. The minimum atomic E-state index is -0.00678. The van der Waals surface area contributed by atoms with E-state index in [0.29, 0.717) is 0 Å². The summed E-state index contributed by atoms with van der Waals surface area (Å²) >= 11 is 0. The lowest BCUT2D eigenvalue weighted by Gasteiger charge is -2.31. The van der Waals surface area contributed by atoms with Crippen molar-refractivity contribution in [3.05, 3.63) is 36.5 Å². The molecule has 0 spiro atoms. The van der Waals surface area contributed by atoms with Crippen LogP contribution in [0.15, 0.2) is 36.5 Å². The summed E-state index contributed by atoms with van der Waals surface area (Å²) in [4.78, 5) is 19.1.